The molecule has 5 heteroatoms. The van der Waals surface area contributed by atoms with Crippen molar-refractivity contribution in [1.82, 2.24) is 5.32 Å². The first-order valence-electron chi connectivity index (χ1n) is 6.03. The summed E-state index contributed by atoms with van der Waals surface area (Å²) in [5.41, 5.74) is 2.48. The summed E-state index contributed by atoms with van der Waals surface area (Å²) in [5, 5.41) is 8.62. The number of benzene rings is 1. The summed E-state index contributed by atoms with van der Waals surface area (Å²) in [4.78, 5) is 0. The van der Waals surface area contributed by atoms with Crippen LogP contribution in [0.15, 0.2) is 37.9 Å². The van der Waals surface area contributed by atoms with Gasteiger partial charge in [0.25, 0.3) is 0 Å². The largest absolute Gasteiger partial charge is 0.306 e. The van der Waals surface area contributed by atoms with Crippen LogP contribution in [0.5, 0.6) is 0 Å². The Bertz CT molecular complexity index is 556. The molecule has 19 heavy (non-hydrogen) atoms. The molecule has 0 aliphatic rings. The van der Waals surface area contributed by atoms with Crippen molar-refractivity contribution in [2.75, 3.05) is 6.54 Å². The molecule has 0 fully saturated rings. The van der Waals surface area contributed by atoms with E-state index in [1.165, 1.54) is 11.1 Å². The molecule has 1 N–H and O–H groups in total. The lowest BCUT2D eigenvalue weighted by Crippen LogP contribution is -2.23. The molecule has 1 unspecified atom stereocenters. The van der Waals surface area contributed by atoms with Crippen LogP contribution in [0.4, 0.5) is 0 Å². The van der Waals surface area contributed by atoms with Crippen molar-refractivity contribution in [3.63, 3.8) is 0 Å². The molecule has 2 aromatic rings. The zero-order valence-electron chi connectivity index (χ0n) is 10.4. The molecule has 1 aromatic heterocycles. The van der Waals surface area contributed by atoms with Crippen LogP contribution < -0.4 is 5.32 Å². The highest BCUT2D eigenvalue weighted by atomic mass is 79.9. The van der Waals surface area contributed by atoms with Gasteiger partial charge in [-0.3, -0.25) is 0 Å². The van der Waals surface area contributed by atoms with Crippen molar-refractivity contribution in [2.24, 2.45) is 0 Å². The van der Waals surface area contributed by atoms with Gasteiger partial charge in [0.2, 0.25) is 0 Å². The Morgan fingerprint density at radius 1 is 1.26 bits per heavy atom. The van der Waals surface area contributed by atoms with Gasteiger partial charge in [0.15, 0.2) is 0 Å². The number of halogens is 3. The van der Waals surface area contributed by atoms with Crippen LogP contribution in [0.1, 0.15) is 30.5 Å². The minimum Gasteiger partial charge on any atom is -0.306 e. The Morgan fingerprint density at radius 2 is 2.05 bits per heavy atom. The summed E-state index contributed by atoms with van der Waals surface area (Å²) >= 11 is 14.9. The van der Waals surface area contributed by atoms with Crippen molar-refractivity contribution in [1.29, 1.82) is 0 Å². The fraction of sp³-hybridized carbons (Fsp3) is 0.286. The van der Waals surface area contributed by atoms with Crippen LogP contribution in [0.3, 0.4) is 0 Å². The Balaban J connectivity index is 2.37. The van der Waals surface area contributed by atoms with Gasteiger partial charge in [-0.1, -0.05) is 24.6 Å². The smallest absolute Gasteiger partial charge is 0.0596 e. The van der Waals surface area contributed by atoms with Gasteiger partial charge in [0, 0.05) is 14.3 Å². The van der Waals surface area contributed by atoms with Crippen molar-refractivity contribution < 1.29 is 0 Å². The van der Waals surface area contributed by atoms with Crippen molar-refractivity contribution >= 4 is 54.8 Å². The molecule has 0 spiro atoms. The molecular formula is C14H14Br2ClNS. The molecular weight excluding hydrogens is 409 g/mol. The summed E-state index contributed by atoms with van der Waals surface area (Å²) in [6, 6.07) is 6.28. The molecule has 1 heterocycles. The lowest BCUT2D eigenvalue weighted by Gasteiger charge is -2.19. The molecule has 0 bridgehead atoms. The molecule has 0 saturated heterocycles. The Hall–Kier alpha value is 0.130. The normalized spacial score (nSPS) is 12.6. The molecule has 0 aliphatic heterocycles. The molecule has 1 aromatic carbocycles. The first-order chi connectivity index (χ1) is 9.13. The first kappa shape index (κ1) is 15.5. The van der Waals surface area contributed by atoms with E-state index in [0.29, 0.717) is 0 Å². The molecule has 0 amide bonds. The van der Waals surface area contributed by atoms with E-state index in [1.54, 1.807) is 11.3 Å². The number of rotatable bonds is 5. The second-order valence-corrected chi connectivity index (χ2v) is 7.10. The summed E-state index contributed by atoms with van der Waals surface area (Å²) < 4.78 is 2.08. The van der Waals surface area contributed by atoms with E-state index in [0.717, 1.165) is 26.9 Å². The van der Waals surface area contributed by atoms with E-state index < -0.39 is 0 Å². The van der Waals surface area contributed by atoms with E-state index in [2.05, 4.69) is 67.0 Å². The minimum atomic E-state index is 0.189. The third kappa shape index (κ3) is 3.82. The Kier molecular flexibility index (Phi) is 5.90. The zero-order chi connectivity index (χ0) is 13.8. The predicted molar refractivity (Wildman–Crippen MR) is 91.3 cm³/mol. The number of hydrogen-bond donors (Lipinski definition) is 1. The Labute approximate surface area is 139 Å². The lowest BCUT2D eigenvalue weighted by molar-refractivity contribution is 0.598. The topological polar surface area (TPSA) is 12.0 Å². The Morgan fingerprint density at radius 3 is 2.63 bits per heavy atom. The maximum absolute atomic E-state index is 6.07. The minimum absolute atomic E-state index is 0.189. The standard InChI is InChI=1S/C14H14Br2ClNS/c1-2-5-18-14(10-7-19-8-12(10)16)9-3-4-13(17)11(15)6-9/h3-4,6-8,14,18H,2,5H2,1H3. The highest BCUT2D eigenvalue weighted by Crippen LogP contribution is 2.34. The molecule has 2 rings (SSSR count). The van der Waals surface area contributed by atoms with E-state index >= 15 is 0 Å². The van der Waals surface area contributed by atoms with Crippen LogP contribution in [0.2, 0.25) is 5.02 Å². The van der Waals surface area contributed by atoms with E-state index in [1.807, 2.05) is 6.07 Å². The average molecular weight is 424 g/mol. The van der Waals surface area contributed by atoms with Crippen molar-refractivity contribution in [3.8, 4) is 0 Å². The average Bonchev–Trinajstić information content (AvgIpc) is 2.80. The van der Waals surface area contributed by atoms with E-state index in [4.69, 9.17) is 11.6 Å². The van der Waals surface area contributed by atoms with Crippen LogP contribution in [0, 0.1) is 0 Å². The van der Waals surface area contributed by atoms with Gasteiger partial charge in [0.05, 0.1) is 11.1 Å². The molecule has 102 valence electrons. The summed E-state index contributed by atoms with van der Waals surface area (Å²) in [7, 11) is 0. The fourth-order valence-corrected chi connectivity index (χ4v) is 3.95. The maximum Gasteiger partial charge on any atom is 0.0596 e. The van der Waals surface area contributed by atoms with Crippen LogP contribution in [-0.4, -0.2) is 6.54 Å². The summed E-state index contributed by atoms with van der Waals surface area (Å²) in [6.07, 6.45) is 1.10. The first-order valence-corrected chi connectivity index (χ1v) is 8.94. The molecule has 0 saturated carbocycles. The second kappa shape index (κ2) is 7.23. The van der Waals surface area contributed by atoms with Crippen molar-refractivity contribution in [2.45, 2.75) is 19.4 Å². The van der Waals surface area contributed by atoms with Gasteiger partial charge in [-0.15, -0.1) is 0 Å². The predicted octanol–water partition coefficient (Wildman–Crippen LogP) is 6.02. The number of thiophene rings is 1. The monoisotopic (exact) mass is 421 g/mol. The summed E-state index contributed by atoms with van der Waals surface area (Å²) in [6.45, 7) is 3.15. The van der Waals surface area contributed by atoms with E-state index in [9.17, 15) is 0 Å². The van der Waals surface area contributed by atoms with E-state index in [-0.39, 0.29) is 6.04 Å². The quantitative estimate of drug-likeness (QED) is 0.620. The molecule has 1 atom stereocenters. The third-order valence-corrected chi connectivity index (χ3v) is 5.79. The van der Waals surface area contributed by atoms with Gasteiger partial charge < -0.3 is 5.32 Å². The van der Waals surface area contributed by atoms with Crippen LogP contribution >= 0.6 is 54.8 Å². The van der Waals surface area contributed by atoms with Gasteiger partial charge in [-0.05, 0) is 73.5 Å². The van der Waals surface area contributed by atoms with Gasteiger partial charge in [0.1, 0.15) is 0 Å². The molecule has 1 nitrogen and oxygen atoms in total. The van der Waals surface area contributed by atoms with Gasteiger partial charge in [-0.25, -0.2) is 0 Å². The molecule has 0 radical (unpaired) electrons. The fourth-order valence-electron chi connectivity index (χ4n) is 1.89. The van der Waals surface area contributed by atoms with Crippen molar-refractivity contribution in [3.05, 3.63) is 54.1 Å². The second-order valence-electron chi connectivity index (χ2n) is 4.24. The van der Waals surface area contributed by atoms with Gasteiger partial charge in [-0.2, -0.15) is 11.3 Å². The highest BCUT2D eigenvalue weighted by Gasteiger charge is 2.17. The maximum atomic E-state index is 6.07. The number of nitrogens with one attached hydrogen (secondary N) is 1. The number of hydrogen-bond acceptors (Lipinski definition) is 2. The lowest BCUT2D eigenvalue weighted by atomic mass is 10.0. The highest BCUT2D eigenvalue weighted by molar-refractivity contribution is 9.10. The van der Waals surface area contributed by atoms with Crippen LogP contribution in [-0.2, 0) is 0 Å². The summed E-state index contributed by atoms with van der Waals surface area (Å²) in [5.74, 6) is 0. The van der Waals surface area contributed by atoms with Crippen LogP contribution in [0.25, 0.3) is 0 Å². The zero-order valence-corrected chi connectivity index (χ0v) is 15.2. The third-order valence-electron chi connectivity index (χ3n) is 2.83. The SMILES string of the molecule is CCCNC(c1ccc(Cl)c(Br)c1)c1cscc1Br. The molecule has 0 aliphatic carbocycles. The van der Waals surface area contributed by atoms with Gasteiger partial charge >= 0.3 is 0 Å².